The van der Waals surface area contributed by atoms with Crippen molar-refractivity contribution in [2.75, 3.05) is 20.3 Å². The molecule has 2 rings (SSSR count). The van der Waals surface area contributed by atoms with Crippen molar-refractivity contribution in [3.05, 3.63) is 46.3 Å². The molecule has 0 saturated heterocycles. The second kappa shape index (κ2) is 8.13. The van der Waals surface area contributed by atoms with Crippen LogP contribution in [0.15, 0.2) is 18.2 Å². The predicted octanol–water partition coefficient (Wildman–Crippen LogP) is 2.14. The number of hydrogen-bond donors (Lipinski definition) is 2. The first-order valence-electron chi connectivity index (χ1n) is 8.04. The quantitative estimate of drug-likeness (QED) is 0.732. The van der Waals surface area contributed by atoms with Gasteiger partial charge in [0.05, 0.1) is 26.0 Å². The van der Waals surface area contributed by atoms with Gasteiger partial charge in [-0.15, -0.1) is 0 Å². The number of aliphatic hydroxyl groups excluding tert-OH is 1. The second-order valence-corrected chi connectivity index (χ2v) is 5.83. The van der Waals surface area contributed by atoms with Crippen LogP contribution in [0.5, 0.6) is 5.75 Å². The number of nitrogens with zero attached hydrogens (tertiary/aromatic N) is 2. The van der Waals surface area contributed by atoms with E-state index in [2.05, 4.69) is 42.5 Å². The fourth-order valence-electron chi connectivity index (χ4n) is 2.77. The van der Waals surface area contributed by atoms with Gasteiger partial charge >= 0.3 is 0 Å². The van der Waals surface area contributed by atoms with E-state index in [0.717, 1.165) is 42.2 Å². The summed E-state index contributed by atoms with van der Waals surface area (Å²) in [5, 5.41) is 17.0. The molecule has 0 aliphatic heterocycles. The van der Waals surface area contributed by atoms with Gasteiger partial charge in [-0.1, -0.05) is 12.1 Å². The normalized spacial score (nSPS) is 11.0. The molecule has 5 heteroatoms. The minimum absolute atomic E-state index is 0.115. The summed E-state index contributed by atoms with van der Waals surface area (Å²) in [7, 11) is 1.71. The maximum atomic E-state index is 9.06. The number of hydrogen-bond acceptors (Lipinski definition) is 4. The molecule has 0 atom stereocenters. The highest BCUT2D eigenvalue weighted by molar-refractivity contribution is 5.36. The molecule has 0 bridgehead atoms. The highest BCUT2D eigenvalue weighted by atomic mass is 16.5. The van der Waals surface area contributed by atoms with E-state index in [4.69, 9.17) is 9.84 Å². The van der Waals surface area contributed by atoms with Crippen LogP contribution in [0, 0.1) is 20.8 Å². The number of ether oxygens (including phenoxy) is 1. The molecule has 2 N–H and O–H groups in total. The summed E-state index contributed by atoms with van der Waals surface area (Å²) in [5.74, 6) is 0.944. The van der Waals surface area contributed by atoms with Crippen molar-refractivity contribution >= 4 is 0 Å². The molecule has 5 nitrogen and oxygen atoms in total. The van der Waals surface area contributed by atoms with Gasteiger partial charge in [0.1, 0.15) is 5.75 Å². The summed E-state index contributed by atoms with van der Waals surface area (Å²) < 4.78 is 7.24. The van der Waals surface area contributed by atoms with Crippen molar-refractivity contribution in [2.24, 2.45) is 0 Å². The third-order valence-corrected chi connectivity index (χ3v) is 4.21. The van der Waals surface area contributed by atoms with Crippen molar-refractivity contribution in [3.63, 3.8) is 0 Å². The van der Waals surface area contributed by atoms with Crippen LogP contribution in [0.4, 0.5) is 0 Å². The standard InChI is InChI=1S/C18H27N3O2/c1-13-5-6-16(11-18(13)23-4)7-8-19-12-17-14(2)20-21(9-10-22)15(17)3/h5-6,11,19,22H,7-10,12H2,1-4H3. The fourth-order valence-corrected chi connectivity index (χ4v) is 2.77. The first kappa shape index (κ1) is 17.5. The molecule has 1 aromatic heterocycles. The highest BCUT2D eigenvalue weighted by Crippen LogP contribution is 2.19. The Hall–Kier alpha value is -1.85. The zero-order valence-corrected chi connectivity index (χ0v) is 14.5. The van der Waals surface area contributed by atoms with Crippen LogP contribution in [0.25, 0.3) is 0 Å². The molecule has 1 heterocycles. The van der Waals surface area contributed by atoms with Crippen LogP contribution in [-0.2, 0) is 19.5 Å². The largest absolute Gasteiger partial charge is 0.496 e. The van der Waals surface area contributed by atoms with E-state index in [1.165, 1.54) is 11.1 Å². The minimum atomic E-state index is 0.115. The molecule has 0 aliphatic rings. The van der Waals surface area contributed by atoms with Crippen LogP contribution in [0.1, 0.15) is 28.1 Å². The zero-order chi connectivity index (χ0) is 16.8. The Morgan fingerprint density at radius 2 is 2.04 bits per heavy atom. The number of aliphatic hydroxyl groups is 1. The van der Waals surface area contributed by atoms with Gasteiger partial charge in [-0.3, -0.25) is 4.68 Å². The lowest BCUT2D eigenvalue weighted by Gasteiger charge is -2.09. The molecule has 0 fully saturated rings. The summed E-state index contributed by atoms with van der Waals surface area (Å²) in [4.78, 5) is 0. The lowest BCUT2D eigenvalue weighted by molar-refractivity contribution is 0.267. The van der Waals surface area contributed by atoms with E-state index in [-0.39, 0.29) is 6.61 Å². The SMILES string of the molecule is COc1cc(CCNCc2c(C)nn(CCO)c2C)ccc1C. The second-order valence-electron chi connectivity index (χ2n) is 5.83. The molecule has 23 heavy (non-hydrogen) atoms. The van der Waals surface area contributed by atoms with Crippen LogP contribution in [0.3, 0.4) is 0 Å². The number of rotatable bonds is 8. The van der Waals surface area contributed by atoms with E-state index in [9.17, 15) is 0 Å². The maximum absolute atomic E-state index is 9.06. The molecule has 0 radical (unpaired) electrons. The fraction of sp³-hybridized carbons (Fsp3) is 0.500. The van der Waals surface area contributed by atoms with Gasteiger partial charge in [-0.2, -0.15) is 5.10 Å². The molecule has 0 aliphatic carbocycles. The highest BCUT2D eigenvalue weighted by Gasteiger charge is 2.10. The van der Waals surface area contributed by atoms with Crippen molar-refractivity contribution < 1.29 is 9.84 Å². The topological polar surface area (TPSA) is 59.3 Å². The third kappa shape index (κ3) is 4.33. The van der Waals surface area contributed by atoms with Crippen molar-refractivity contribution in [3.8, 4) is 5.75 Å². The van der Waals surface area contributed by atoms with Gasteiger partial charge in [-0.05, 0) is 50.9 Å². The van der Waals surface area contributed by atoms with Gasteiger partial charge in [0.2, 0.25) is 0 Å². The predicted molar refractivity (Wildman–Crippen MR) is 91.9 cm³/mol. The average Bonchev–Trinajstić information content (AvgIpc) is 2.80. The van der Waals surface area contributed by atoms with E-state index < -0.39 is 0 Å². The monoisotopic (exact) mass is 317 g/mol. The van der Waals surface area contributed by atoms with Gasteiger partial charge in [0.15, 0.2) is 0 Å². The van der Waals surface area contributed by atoms with Crippen LogP contribution >= 0.6 is 0 Å². The first-order valence-corrected chi connectivity index (χ1v) is 8.04. The Balaban J connectivity index is 1.88. The Bertz CT molecular complexity index is 650. The van der Waals surface area contributed by atoms with Crippen LogP contribution in [-0.4, -0.2) is 35.1 Å². The molecule has 0 spiro atoms. The lowest BCUT2D eigenvalue weighted by Crippen LogP contribution is -2.17. The van der Waals surface area contributed by atoms with Gasteiger partial charge in [0, 0.05) is 17.8 Å². The number of aromatic nitrogens is 2. The smallest absolute Gasteiger partial charge is 0.122 e. The Labute approximate surface area is 138 Å². The minimum Gasteiger partial charge on any atom is -0.496 e. The Kier molecular flexibility index (Phi) is 6.19. The van der Waals surface area contributed by atoms with E-state index in [1.807, 2.05) is 11.6 Å². The number of aryl methyl sites for hydroxylation is 2. The molecule has 0 amide bonds. The van der Waals surface area contributed by atoms with Gasteiger partial charge in [0.25, 0.3) is 0 Å². The third-order valence-electron chi connectivity index (χ3n) is 4.21. The maximum Gasteiger partial charge on any atom is 0.122 e. The zero-order valence-electron chi connectivity index (χ0n) is 14.5. The van der Waals surface area contributed by atoms with Gasteiger partial charge in [-0.25, -0.2) is 0 Å². The number of benzene rings is 1. The molecule has 1 aromatic carbocycles. The molecule has 126 valence electrons. The molecular formula is C18H27N3O2. The summed E-state index contributed by atoms with van der Waals surface area (Å²) in [6, 6.07) is 6.35. The van der Waals surface area contributed by atoms with E-state index >= 15 is 0 Å². The van der Waals surface area contributed by atoms with Crippen LogP contribution in [0.2, 0.25) is 0 Å². The average molecular weight is 317 g/mol. The summed E-state index contributed by atoms with van der Waals surface area (Å²) in [5.41, 5.74) is 5.80. The molecule has 2 aromatic rings. The summed E-state index contributed by atoms with van der Waals surface area (Å²) in [6.45, 7) is 8.49. The molecule has 0 unspecified atom stereocenters. The molecular weight excluding hydrogens is 290 g/mol. The number of methoxy groups -OCH3 is 1. The Morgan fingerprint density at radius 1 is 1.26 bits per heavy atom. The first-order chi connectivity index (χ1) is 11.1. The van der Waals surface area contributed by atoms with Crippen LogP contribution < -0.4 is 10.1 Å². The summed E-state index contributed by atoms with van der Waals surface area (Å²) in [6.07, 6.45) is 0.958. The van der Waals surface area contributed by atoms with E-state index in [0.29, 0.717) is 6.54 Å². The lowest BCUT2D eigenvalue weighted by atomic mass is 10.1. The molecule has 0 saturated carbocycles. The van der Waals surface area contributed by atoms with Gasteiger partial charge < -0.3 is 15.2 Å². The Morgan fingerprint density at radius 3 is 2.74 bits per heavy atom. The number of nitrogens with one attached hydrogen (secondary N) is 1. The van der Waals surface area contributed by atoms with E-state index in [1.54, 1.807) is 7.11 Å². The van der Waals surface area contributed by atoms with Crippen molar-refractivity contribution in [2.45, 2.75) is 40.3 Å². The van der Waals surface area contributed by atoms with Crippen molar-refractivity contribution in [1.82, 2.24) is 15.1 Å². The van der Waals surface area contributed by atoms with Crippen molar-refractivity contribution in [1.29, 1.82) is 0 Å². The summed E-state index contributed by atoms with van der Waals surface area (Å²) >= 11 is 0.